The monoisotopic (exact) mass is 889 g/mol. The molecular formula is C48H69BrClN7O2. The minimum atomic E-state index is 0. The number of aromatic hydroxyl groups is 1. The van der Waals surface area contributed by atoms with E-state index in [2.05, 4.69) is 136 Å². The number of nitrogens with two attached hydrogens (primary N) is 1. The van der Waals surface area contributed by atoms with Gasteiger partial charge in [-0.05, 0) is 147 Å². The minimum Gasteiger partial charge on any atom is -0.508 e. The average molecular weight is 891 g/mol. The van der Waals surface area contributed by atoms with Crippen molar-refractivity contribution in [1.29, 1.82) is 0 Å². The Balaban J connectivity index is 0.000000591. The van der Waals surface area contributed by atoms with Crippen molar-refractivity contribution in [3.05, 3.63) is 126 Å². The van der Waals surface area contributed by atoms with Crippen molar-refractivity contribution in [1.82, 2.24) is 5.32 Å². The third-order valence-electron chi connectivity index (χ3n) is 9.79. The molecule has 0 fully saturated rings. The van der Waals surface area contributed by atoms with Gasteiger partial charge in [-0.25, -0.2) is 4.99 Å². The van der Waals surface area contributed by atoms with Gasteiger partial charge >= 0.3 is 0 Å². The van der Waals surface area contributed by atoms with Crippen LogP contribution in [0.15, 0.2) is 125 Å². The second-order valence-electron chi connectivity index (χ2n) is 14.7. The van der Waals surface area contributed by atoms with E-state index >= 15 is 0 Å². The maximum atomic E-state index is 12.8. The third kappa shape index (κ3) is 16.0. The number of carbonyl (C=O) groups is 1. The van der Waals surface area contributed by atoms with Gasteiger partial charge in [-0.3, -0.25) is 4.79 Å². The summed E-state index contributed by atoms with van der Waals surface area (Å²) in [6.07, 6.45) is 4.17. The summed E-state index contributed by atoms with van der Waals surface area (Å²) in [7, 11) is 3.64. The Labute approximate surface area is 371 Å². The van der Waals surface area contributed by atoms with Crippen molar-refractivity contribution in [2.24, 2.45) is 4.99 Å². The molecule has 0 spiro atoms. The number of nitrogens with zero attached hydrogens (tertiary/aromatic N) is 4. The topological polar surface area (TPSA) is 109 Å². The normalized spacial score (nSPS) is 12.5. The SMILES string of the molecule is Br.CCN(c1ccc(CC2=CC(=Nc3ccc(N(CC)C(C)C)cc3)C(NC)=CC2=O)cc1)C(C)C.CCN(c1ccc(N)cc1)C(C)C.CNc1cccc(O)c1.Cl. The maximum absolute atomic E-state index is 12.8. The van der Waals surface area contributed by atoms with Gasteiger partial charge in [-0.2, -0.15) is 0 Å². The number of halogens is 2. The summed E-state index contributed by atoms with van der Waals surface area (Å²) < 4.78 is 0. The number of nitrogens with one attached hydrogen (secondary N) is 2. The van der Waals surface area contributed by atoms with Crippen LogP contribution in [0.1, 0.15) is 67.9 Å². The molecule has 5 rings (SSSR count). The van der Waals surface area contributed by atoms with Crippen LogP contribution in [0.5, 0.6) is 5.75 Å². The number of hydrogen-bond donors (Lipinski definition) is 4. The van der Waals surface area contributed by atoms with Crippen molar-refractivity contribution >= 4 is 75.0 Å². The van der Waals surface area contributed by atoms with Crippen LogP contribution in [0.3, 0.4) is 0 Å². The van der Waals surface area contributed by atoms with Crippen LogP contribution in [0, 0.1) is 0 Å². The molecule has 0 saturated carbocycles. The molecule has 1 aliphatic carbocycles. The number of benzene rings is 4. The first kappa shape index (κ1) is 52.1. The molecule has 5 N–H and O–H groups in total. The number of ketones is 1. The molecule has 0 heterocycles. The highest BCUT2D eigenvalue weighted by Gasteiger charge is 2.19. The van der Waals surface area contributed by atoms with Crippen LogP contribution < -0.4 is 31.1 Å². The van der Waals surface area contributed by atoms with Gasteiger partial charge < -0.3 is 36.2 Å². The number of rotatable bonds is 14. The molecule has 9 nitrogen and oxygen atoms in total. The van der Waals surface area contributed by atoms with Crippen LogP contribution in [-0.4, -0.2) is 68.5 Å². The Kier molecular flexibility index (Phi) is 23.2. The molecule has 0 bridgehead atoms. The van der Waals surface area contributed by atoms with Gasteiger partial charge in [0.05, 0.1) is 17.1 Å². The van der Waals surface area contributed by atoms with E-state index in [1.807, 2.05) is 50.5 Å². The van der Waals surface area contributed by atoms with Crippen LogP contribution in [0.25, 0.3) is 0 Å². The van der Waals surface area contributed by atoms with E-state index in [9.17, 15) is 4.79 Å². The zero-order valence-electron chi connectivity index (χ0n) is 37.0. The number of aliphatic imine (C=N–C) groups is 1. The second-order valence-corrected chi connectivity index (χ2v) is 14.7. The first-order chi connectivity index (χ1) is 27.2. The molecule has 1 aliphatic rings. The van der Waals surface area contributed by atoms with Gasteiger partial charge in [0, 0.05) is 104 Å². The lowest BCUT2D eigenvalue weighted by Gasteiger charge is -2.27. The average Bonchev–Trinajstić information content (AvgIpc) is 3.19. The van der Waals surface area contributed by atoms with Crippen LogP contribution in [0.4, 0.5) is 34.1 Å². The predicted octanol–water partition coefficient (Wildman–Crippen LogP) is 11.0. The zero-order valence-corrected chi connectivity index (χ0v) is 39.5. The van der Waals surface area contributed by atoms with Crippen molar-refractivity contribution in [3.63, 3.8) is 0 Å². The molecule has 0 aliphatic heterocycles. The number of nitrogen functional groups attached to an aromatic ring is 1. The smallest absolute Gasteiger partial charge is 0.184 e. The van der Waals surface area contributed by atoms with E-state index in [-0.39, 0.29) is 35.2 Å². The largest absolute Gasteiger partial charge is 0.508 e. The summed E-state index contributed by atoms with van der Waals surface area (Å²) in [6.45, 7) is 22.6. The number of phenolic OH excluding ortho intramolecular Hbond substituents is 1. The Morgan fingerprint density at radius 1 is 0.661 bits per heavy atom. The minimum absolute atomic E-state index is 0. The van der Waals surface area contributed by atoms with Crippen molar-refractivity contribution in [3.8, 4) is 5.75 Å². The van der Waals surface area contributed by atoms with Gasteiger partial charge in [0.2, 0.25) is 0 Å². The summed E-state index contributed by atoms with van der Waals surface area (Å²) in [4.78, 5) is 24.7. The molecule has 4 aromatic rings. The fourth-order valence-corrected chi connectivity index (χ4v) is 6.79. The summed E-state index contributed by atoms with van der Waals surface area (Å²) in [5.41, 5.74) is 15.3. The Morgan fingerprint density at radius 3 is 1.51 bits per heavy atom. The molecule has 59 heavy (non-hydrogen) atoms. The summed E-state index contributed by atoms with van der Waals surface area (Å²) in [5, 5.41) is 14.9. The molecule has 0 unspecified atom stereocenters. The standard InChI is InChI=1S/C30H40N4O.C11H18N2.C7H9NO.BrH.ClH/c1-8-33(21(3)4)26-14-10-23(11-15-26)18-24-19-29(28(31-7)20-30(24)35)32-25-12-16-27(17-13-25)34(9-2)22(5)6;1-4-13(9(2)3)11-7-5-10(12)6-8-11;1-8-6-3-2-4-7(9)5-6;;/h10-17,19-22,31H,8-9,18H2,1-7H3;5-9H,4,12H2,1-3H3;2-5,8-9H,1H3;2*1H. The van der Waals surface area contributed by atoms with Gasteiger partial charge in [0.15, 0.2) is 5.78 Å². The van der Waals surface area contributed by atoms with E-state index < -0.39 is 0 Å². The van der Waals surface area contributed by atoms with Crippen molar-refractivity contribution in [2.75, 3.05) is 59.5 Å². The van der Waals surface area contributed by atoms with Crippen molar-refractivity contribution in [2.45, 2.75) is 86.9 Å². The quantitative estimate of drug-likeness (QED) is 0.0732. The van der Waals surface area contributed by atoms with Crippen molar-refractivity contribution < 1.29 is 9.90 Å². The Bertz CT molecular complexity index is 1930. The number of allylic oxidation sites excluding steroid dienone is 3. The molecule has 11 heteroatoms. The molecule has 0 saturated heterocycles. The molecule has 0 aromatic heterocycles. The molecule has 0 amide bonds. The Hall–Kier alpha value is -4.93. The number of phenols is 1. The molecule has 0 atom stereocenters. The lowest BCUT2D eigenvalue weighted by molar-refractivity contribution is -0.111. The van der Waals surface area contributed by atoms with E-state index in [0.29, 0.717) is 30.3 Å². The fourth-order valence-electron chi connectivity index (χ4n) is 6.79. The first-order valence-electron chi connectivity index (χ1n) is 20.3. The number of carbonyl (C=O) groups excluding carboxylic acids is 1. The lowest BCUT2D eigenvalue weighted by atomic mass is 9.94. The fraction of sp³-hybridized carbons (Fsp3) is 0.375. The first-order valence-corrected chi connectivity index (χ1v) is 20.3. The number of hydrogen-bond acceptors (Lipinski definition) is 9. The highest BCUT2D eigenvalue weighted by atomic mass is 79.9. The van der Waals surface area contributed by atoms with Crippen LogP contribution in [-0.2, 0) is 11.2 Å². The maximum Gasteiger partial charge on any atom is 0.184 e. The van der Waals surface area contributed by atoms with E-state index in [4.69, 9.17) is 15.8 Å². The van der Waals surface area contributed by atoms with Gasteiger partial charge in [-0.15, -0.1) is 29.4 Å². The molecule has 4 aromatic carbocycles. The van der Waals surface area contributed by atoms with E-state index in [1.165, 1.54) is 17.1 Å². The van der Waals surface area contributed by atoms with Gasteiger partial charge in [0.1, 0.15) is 5.75 Å². The molecule has 322 valence electrons. The van der Waals surface area contributed by atoms with E-state index in [0.717, 1.165) is 59.2 Å². The van der Waals surface area contributed by atoms with E-state index in [1.54, 1.807) is 24.3 Å². The summed E-state index contributed by atoms with van der Waals surface area (Å²) >= 11 is 0. The second kappa shape index (κ2) is 26.2. The zero-order chi connectivity index (χ0) is 42.1. The summed E-state index contributed by atoms with van der Waals surface area (Å²) in [5.74, 6) is 0.322. The molecule has 0 radical (unpaired) electrons. The van der Waals surface area contributed by atoms with Crippen LogP contribution in [0.2, 0.25) is 0 Å². The van der Waals surface area contributed by atoms with Gasteiger partial charge in [-0.1, -0.05) is 18.2 Å². The van der Waals surface area contributed by atoms with Crippen LogP contribution >= 0.6 is 29.4 Å². The highest BCUT2D eigenvalue weighted by molar-refractivity contribution is 8.93. The Morgan fingerprint density at radius 2 is 1.12 bits per heavy atom. The summed E-state index contributed by atoms with van der Waals surface area (Å²) in [6, 6.07) is 33.3. The lowest BCUT2D eigenvalue weighted by Crippen LogP contribution is -2.30. The molecular weight excluding hydrogens is 822 g/mol. The highest BCUT2D eigenvalue weighted by Crippen LogP contribution is 2.25. The van der Waals surface area contributed by atoms with Gasteiger partial charge in [0.25, 0.3) is 0 Å². The number of anilines is 5. The predicted molar refractivity (Wildman–Crippen MR) is 264 cm³/mol. The third-order valence-corrected chi connectivity index (χ3v) is 9.79.